The van der Waals surface area contributed by atoms with Crippen molar-refractivity contribution >= 4 is 51.8 Å². The predicted octanol–water partition coefficient (Wildman–Crippen LogP) is 8.53. The van der Waals surface area contributed by atoms with Gasteiger partial charge in [0.1, 0.15) is 29.5 Å². The van der Waals surface area contributed by atoms with Crippen LogP contribution in [0.4, 0.5) is 19.7 Å². The van der Waals surface area contributed by atoms with Gasteiger partial charge in [-0.25, -0.2) is 23.9 Å². The Balaban J connectivity index is 1.06. The third kappa shape index (κ3) is 8.70. The number of rotatable bonds is 9. The summed E-state index contributed by atoms with van der Waals surface area (Å²) in [6.45, 7) is 12.6. The molecular weight excluding hydrogens is 818 g/mol. The van der Waals surface area contributed by atoms with E-state index in [9.17, 15) is 23.6 Å². The van der Waals surface area contributed by atoms with Crippen LogP contribution in [0.25, 0.3) is 22.1 Å². The van der Waals surface area contributed by atoms with Crippen molar-refractivity contribution in [1.82, 2.24) is 40.4 Å². The van der Waals surface area contributed by atoms with Crippen molar-refractivity contribution in [2.45, 2.75) is 116 Å². The third-order valence-corrected chi connectivity index (χ3v) is 13.2. The molecule has 3 fully saturated rings. The number of aromatic amines is 2. The monoisotopic (exact) mass is 877 g/mol. The van der Waals surface area contributed by atoms with Gasteiger partial charge in [0.2, 0.25) is 11.8 Å². The highest BCUT2D eigenvalue weighted by atomic mass is 19.1. The Morgan fingerprint density at radius 2 is 1.06 bits per heavy atom. The van der Waals surface area contributed by atoms with Gasteiger partial charge in [-0.2, -0.15) is 0 Å². The van der Waals surface area contributed by atoms with E-state index in [4.69, 9.17) is 19.4 Å². The molecule has 0 saturated carbocycles. The summed E-state index contributed by atoms with van der Waals surface area (Å²) in [6, 6.07) is 17.0. The number of ether oxygens (including phenoxy) is 2. The highest BCUT2D eigenvalue weighted by Crippen LogP contribution is 2.48. The van der Waals surface area contributed by atoms with Crippen LogP contribution in [0.2, 0.25) is 0 Å². The van der Waals surface area contributed by atoms with E-state index in [1.807, 2.05) is 75.6 Å². The van der Waals surface area contributed by atoms with Crippen LogP contribution in [0, 0.1) is 16.6 Å². The number of amides is 4. The predicted molar refractivity (Wildman–Crippen MR) is 241 cm³/mol. The number of H-pyrrole nitrogens is 2. The van der Waals surface area contributed by atoms with Gasteiger partial charge in [-0.15, -0.1) is 0 Å². The van der Waals surface area contributed by atoms with Crippen LogP contribution < -0.4 is 15.5 Å². The number of aromatic nitrogens is 4. The molecule has 0 radical (unpaired) electrons. The second kappa shape index (κ2) is 17.4. The van der Waals surface area contributed by atoms with E-state index in [-0.39, 0.29) is 41.8 Å². The molecule has 5 heterocycles. The molecule has 4 amide bonds. The first-order valence-electron chi connectivity index (χ1n) is 22.3. The molecule has 0 unspecified atom stereocenters. The number of nitrogens with zero attached hydrogens (tertiary/aromatic N) is 5. The van der Waals surface area contributed by atoms with Gasteiger partial charge in [0, 0.05) is 18.8 Å². The minimum Gasteiger partial charge on any atom is -0.453 e. The van der Waals surface area contributed by atoms with E-state index in [0.29, 0.717) is 24.7 Å². The molecule has 64 heavy (non-hydrogen) atoms. The van der Waals surface area contributed by atoms with Crippen LogP contribution in [0.3, 0.4) is 0 Å². The number of imidazole rings is 2. The van der Waals surface area contributed by atoms with Crippen molar-refractivity contribution in [3.05, 3.63) is 89.3 Å². The largest absolute Gasteiger partial charge is 0.453 e. The SMILES string of the molecule is COC(=O)N[C@H](C(=O)N1CCC[C@H]1c1nc2ccc([C@@H]3CC[C@@H](c4ccc5nc([C@@H]6CCCN6C(=O)[C@@H](NC(=O)OC)C(C)(C)C)[nH]c5c4)N3c3ccc(F)cc3)cc2[nH]1)C(C)(C)C. The molecule has 0 bridgehead atoms. The fourth-order valence-electron chi connectivity index (χ4n) is 9.87. The summed E-state index contributed by atoms with van der Waals surface area (Å²) in [5, 5.41) is 5.51. The van der Waals surface area contributed by atoms with Crippen LogP contribution in [0.1, 0.15) is 127 Å². The molecule has 3 saturated heterocycles. The first-order chi connectivity index (χ1) is 30.4. The Bertz CT molecular complexity index is 2390. The summed E-state index contributed by atoms with van der Waals surface area (Å²) in [4.78, 5) is 75.6. The number of benzene rings is 3. The zero-order valence-electron chi connectivity index (χ0n) is 38.0. The number of methoxy groups -OCH3 is 2. The fourth-order valence-corrected chi connectivity index (χ4v) is 9.87. The van der Waals surface area contributed by atoms with Crippen molar-refractivity contribution in [2.24, 2.45) is 10.8 Å². The Morgan fingerprint density at radius 3 is 1.45 bits per heavy atom. The number of carbonyl (C=O) groups is 4. The second-order valence-electron chi connectivity index (χ2n) is 19.5. The first-order valence-corrected chi connectivity index (χ1v) is 22.3. The number of hydrogen-bond donors (Lipinski definition) is 4. The van der Waals surface area contributed by atoms with Gasteiger partial charge in [0.15, 0.2) is 0 Å². The van der Waals surface area contributed by atoms with Crippen molar-refractivity contribution in [3.8, 4) is 0 Å². The number of likely N-dealkylation sites (tertiary alicyclic amines) is 2. The molecule has 0 spiro atoms. The fraction of sp³-hybridized carbons (Fsp3) is 0.500. The van der Waals surface area contributed by atoms with Gasteiger partial charge in [0.25, 0.3) is 0 Å². The molecule has 6 atom stereocenters. The Labute approximate surface area is 372 Å². The number of nitrogens with one attached hydrogen (secondary N) is 4. The number of halogens is 1. The highest BCUT2D eigenvalue weighted by molar-refractivity contribution is 5.88. The summed E-state index contributed by atoms with van der Waals surface area (Å²) >= 11 is 0. The zero-order chi connectivity index (χ0) is 45.7. The van der Waals surface area contributed by atoms with E-state index in [1.165, 1.54) is 26.4 Å². The normalized spacial score (nSPS) is 21.4. The number of alkyl carbamates (subject to hydrolysis) is 2. The molecule has 340 valence electrons. The zero-order valence-corrected chi connectivity index (χ0v) is 38.0. The Hall–Kier alpha value is -6.19. The molecule has 4 N–H and O–H groups in total. The topological polar surface area (TPSA) is 178 Å². The van der Waals surface area contributed by atoms with Gasteiger partial charge < -0.3 is 44.8 Å². The van der Waals surface area contributed by atoms with Gasteiger partial charge in [-0.1, -0.05) is 53.7 Å². The molecule has 5 aromatic rings. The Kier molecular flexibility index (Phi) is 12.1. The number of carbonyl (C=O) groups excluding carboxylic acids is 4. The first kappa shape index (κ1) is 44.4. The number of hydrogen-bond acceptors (Lipinski definition) is 9. The summed E-state index contributed by atoms with van der Waals surface area (Å²) in [6.07, 6.45) is 3.46. The van der Waals surface area contributed by atoms with E-state index in [1.54, 1.807) is 0 Å². The highest BCUT2D eigenvalue weighted by Gasteiger charge is 2.43. The average Bonchev–Trinajstić information content (AvgIpc) is 4.11. The molecule has 15 nitrogen and oxygen atoms in total. The maximum atomic E-state index is 14.4. The van der Waals surface area contributed by atoms with Crippen LogP contribution >= 0.6 is 0 Å². The summed E-state index contributed by atoms with van der Waals surface area (Å²) < 4.78 is 24.1. The van der Waals surface area contributed by atoms with Crippen molar-refractivity contribution in [2.75, 3.05) is 32.2 Å². The minimum absolute atomic E-state index is 0.0476. The second-order valence-corrected chi connectivity index (χ2v) is 19.5. The standard InChI is InChI=1S/C48H60FN9O6/c1-47(2,3)39(54-45(61)63-7)43(59)56-23-9-11-37(56)41-50-31-19-13-27(25-33(31)52-41)35-21-22-36(58(35)30-17-15-29(49)16-18-30)28-14-20-32-34(26-28)53-42(51-32)38-12-10-24-57(38)44(60)40(48(4,5)6)55-46(62)64-8/h13-20,25-26,35-40H,9-12,21-24H2,1-8H3,(H,50,52)(H,51,53)(H,54,61)(H,55,62)/t35-,36-,37-,38-,39+,40+/m0/s1. The summed E-state index contributed by atoms with van der Waals surface area (Å²) in [5.74, 6) is 0.749. The van der Waals surface area contributed by atoms with E-state index in [2.05, 4.69) is 49.8 Å². The molecule has 3 aromatic carbocycles. The molecule has 0 aliphatic carbocycles. The van der Waals surface area contributed by atoms with E-state index < -0.39 is 35.1 Å². The lowest BCUT2D eigenvalue weighted by Gasteiger charge is -2.34. The third-order valence-electron chi connectivity index (χ3n) is 13.2. The van der Waals surface area contributed by atoms with Gasteiger partial charge in [0.05, 0.1) is 60.5 Å². The molecule has 3 aliphatic heterocycles. The van der Waals surface area contributed by atoms with Crippen molar-refractivity contribution in [3.63, 3.8) is 0 Å². The molecule has 2 aromatic heterocycles. The maximum Gasteiger partial charge on any atom is 0.407 e. The van der Waals surface area contributed by atoms with Crippen LogP contribution in [0.15, 0.2) is 60.7 Å². The van der Waals surface area contributed by atoms with Crippen LogP contribution in [-0.2, 0) is 19.1 Å². The minimum atomic E-state index is -0.779. The molecular formula is C48H60FN9O6. The van der Waals surface area contributed by atoms with Crippen molar-refractivity contribution in [1.29, 1.82) is 0 Å². The Morgan fingerprint density at radius 1 is 0.641 bits per heavy atom. The quantitative estimate of drug-likeness (QED) is 0.113. The van der Waals surface area contributed by atoms with E-state index in [0.717, 1.165) is 77.4 Å². The number of fused-ring (bicyclic) bond motifs is 2. The van der Waals surface area contributed by atoms with E-state index >= 15 is 0 Å². The van der Waals surface area contributed by atoms with Gasteiger partial charge in [-0.05, 0) is 109 Å². The van der Waals surface area contributed by atoms with Crippen molar-refractivity contribution < 1.29 is 33.0 Å². The lowest BCUT2D eigenvalue weighted by atomic mass is 9.85. The lowest BCUT2D eigenvalue weighted by molar-refractivity contribution is -0.137. The number of anilines is 1. The molecule has 16 heteroatoms. The van der Waals surface area contributed by atoms with Gasteiger partial charge >= 0.3 is 12.2 Å². The summed E-state index contributed by atoms with van der Waals surface area (Å²) in [5.41, 5.74) is 5.25. The van der Waals surface area contributed by atoms with Crippen LogP contribution in [-0.4, -0.2) is 93.1 Å². The molecule has 3 aliphatic rings. The maximum absolute atomic E-state index is 14.4. The average molecular weight is 878 g/mol. The van der Waals surface area contributed by atoms with Crippen LogP contribution in [0.5, 0.6) is 0 Å². The smallest absolute Gasteiger partial charge is 0.407 e. The lowest BCUT2D eigenvalue weighted by Crippen LogP contribution is -2.54. The summed E-state index contributed by atoms with van der Waals surface area (Å²) in [7, 11) is 2.58. The molecule has 8 rings (SSSR count). The van der Waals surface area contributed by atoms with Gasteiger partial charge in [-0.3, -0.25) is 9.59 Å².